The minimum absolute atomic E-state index is 0.144. The van der Waals surface area contributed by atoms with Crippen LogP contribution in [0.2, 0.25) is 0 Å². The Labute approximate surface area is 220 Å². The highest BCUT2D eigenvalue weighted by Crippen LogP contribution is 2.61. The number of ether oxygens (including phenoxy) is 2. The molecule has 0 unspecified atom stereocenters. The lowest BCUT2D eigenvalue weighted by Gasteiger charge is -2.28. The number of amides is 2. The Bertz CT molecular complexity index is 1420. The lowest BCUT2D eigenvalue weighted by atomic mass is 9.73. The highest BCUT2D eigenvalue weighted by atomic mass is 16.5. The second kappa shape index (κ2) is 9.56. The molecule has 0 radical (unpaired) electrons. The topological polar surface area (TPSA) is 90.0 Å². The summed E-state index contributed by atoms with van der Waals surface area (Å²) in [5.74, 6) is -0.810. The van der Waals surface area contributed by atoms with E-state index < -0.39 is 12.6 Å². The van der Waals surface area contributed by atoms with E-state index >= 15 is 0 Å². The molecule has 0 spiro atoms. The lowest BCUT2D eigenvalue weighted by molar-refractivity contribution is -0.123. The van der Waals surface area contributed by atoms with Crippen molar-refractivity contribution < 1.29 is 28.7 Å². The van der Waals surface area contributed by atoms with Crippen LogP contribution in [-0.2, 0) is 14.3 Å². The zero-order chi connectivity index (χ0) is 26.4. The number of hydrogen-bond acceptors (Lipinski definition) is 6. The molecule has 0 aromatic heterocycles. The molecule has 3 aromatic carbocycles. The molecule has 2 bridgehead atoms. The maximum Gasteiger partial charge on any atom is 0.338 e. The van der Waals surface area contributed by atoms with Gasteiger partial charge in [-0.1, -0.05) is 36.4 Å². The van der Waals surface area contributed by atoms with Gasteiger partial charge in [-0.15, -0.1) is 0 Å². The van der Waals surface area contributed by atoms with Gasteiger partial charge in [-0.3, -0.25) is 19.3 Å². The first kappa shape index (κ1) is 24.1. The Balaban J connectivity index is 1.16. The third-order valence-electron chi connectivity index (χ3n) is 8.33. The Morgan fingerprint density at radius 1 is 0.842 bits per heavy atom. The van der Waals surface area contributed by atoms with Crippen molar-refractivity contribution in [3.05, 3.63) is 95.6 Å². The maximum absolute atomic E-state index is 13.6. The Morgan fingerprint density at radius 3 is 2.32 bits per heavy atom. The number of nitrogens with zero attached hydrogens (tertiary/aromatic N) is 1. The van der Waals surface area contributed by atoms with Crippen LogP contribution in [0.4, 0.5) is 5.69 Å². The van der Waals surface area contributed by atoms with E-state index in [0.29, 0.717) is 17.0 Å². The number of hydrogen-bond donors (Lipinski definition) is 0. The zero-order valence-corrected chi connectivity index (χ0v) is 20.9. The van der Waals surface area contributed by atoms with Crippen LogP contribution in [0.3, 0.4) is 0 Å². The van der Waals surface area contributed by atoms with E-state index in [4.69, 9.17) is 9.47 Å². The molecule has 3 fully saturated rings. The largest absolute Gasteiger partial charge is 0.497 e. The van der Waals surface area contributed by atoms with Crippen LogP contribution >= 0.6 is 0 Å². The van der Waals surface area contributed by atoms with Crippen LogP contribution in [0.15, 0.2) is 78.9 Å². The number of carbonyl (C=O) groups is 4. The Morgan fingerprint density at radius 2 is 1.58 bits per heavy atom. The molecule has 3 aromatic rings. The summed E-state index contributed by atoms with van der Waals surface area (Å²) in [6, 6.07) is 23.1. The number of rotatable bonds is 7. The van der Waals surface area contributed by atoms with Crippen molar-refractivity contribution in [1.29, 1.82) is 0 Å². The molecule has 2 amide bonds. The molecule has 2 saturated carbocycles. The van der Waals surface area contributed by atoms with Gasteiger partial charge >= 0.3 is 5.97 Å². The molecule has 7 nitrogen and oxygen atoms in total. The van der Waals surface area contributed by atoms with Gasteiger partial charge in [0.25, 0.3) is 0 Å². The van der Waals surface area contributed by atoms with Gasteiger partial charge in [0, 0.05) is 5.56 Å². The smallest absolute Gasteiger partial charge is 0.338 e. The highest BCUT2D eigenvalue weighted by Gasteiger charge is 2.64. The van der Waals surface area contributed by atoms with Crippen molar-refractivity contribution in [2.24, 2.45) is 23.7 Å². The number of carbonyl (C=O) groups excluding carboxylic acids is 4. The normalized spacial score (nSPS) is 25.4. The van der Waals surface area contributed by atoms with Crippen molar-refractivity contribution in [2.75, 3.05) is 18.6 Å². The molecule has 0 N–H and O–H groups in total. The molecule has 192 valence electrons. The number of imide groups is 1. The second-order valence-electron chi connectivity index (χ2n) is 10.3. The zero-order valence-electron chi connectivity index (χ0n) is 20.9. The summed E-state index contributed by atoms with van der Waals surface area (Å²) in [6.45, 7) is -0.425. The van der Waals surface area contributed by atoms with E-state index in [1.54, 1.807) is 42.5 Å². The number of esters is 1. The molecule has 1 heterocycles. The van der Waals surface area contributed by atoms with E-state index in [-0.39, 0.29) is 52.8 Å². The van der Waals surface area contributed by atoms with Crippen molar-refractivity contribution in [3.63, 3.8) is 0 Å². The molecular weight excluding hydrogens is 482 g/mol. The van der Waals surface area contributed by atoms with Crippen LogP contribution in [0.5, 0.6) is 5.75 Å². The summed E-state index contributed by atoms with van der Waals surface area (Å²) in [7, 11) is 1.54. The monoisotopic (exact) mass is 509 g/mol. The van der Waals surface area contributed by atoms with E-state index in [1.165, 1.54) is 23.6 Å². The van der Waals surface area contributed by atoms with Gasteiger partial charge in [0.05, 0.1) is 30.2 Å². The van der Waals surface area contributed by atoms with E-state index in [9.17, 15) is 19.2 Å². The lowest BCUT2D eigenvalue weighted by Crippen LogP contribution is -2.33. The SMILES string of the molecule is COc1ccc(C(=O)COC(=O)c2cccc(N3C(=O)[C@@H]4[C@@H]5C[C@@H]([C@@H]4C3=O)[C@H](c3ccccc3)C5)c2)cc1. The van der Waals surface area contributed by atoms with Gasteiger partial charge in [0.15, 0.2) is 12.4 Å². The standard InChI is InChI=1S/C31H27NO6/c1-37-23-12-10-19(11-13-23)26(33)17-38-31(36)20-8-5-9-22(14-20)32-29(34)27-21-15-24(18-6-3-2-4-7-18)25(16-21)28(27)30(32)35/h2-14,21,24-25,27-28H,15-17H2,1H3/t21-,24-,25+,27+,28-/m0/s1. The average molecular weight is 510 g/mol. The van der Waals surface area contributed by atoms with Crippen molar-refractivity contribution in [1.82, 2.24) is 0 Å². The first-order valence-electron chi connectivity index (χ1n) is 12.8. The van der Waals surface area contributed by atoms with Gasteiger partial charge in [-0.05, 0) is 78.6 Å². The van der Waals surface area contributed by atoms with Crippen LogP contribution in [-0.4, -0.2) is 37.3 Å². The predicted octanol–water partition coefficient (Wildman–Crippen LogP) is 4.66. The first-order valence-corrected chi connectivity index (χ1v) is 12.8. The first-order chi connectivity index (χ1) is 18.5. The number of Topliss-reactive ketones (excluding diaryl/α,β-unsaturated/α-hetero) is 1. The number of fused-ring (bicyclic) bond motifs is 5. The van der Waals surface area contributed by atoms with Crippen molar-refractivity contribution in [3.8, 4) is 5.75 Å². The molecular formula is C31H27NO6. The van der Waals surface area contributed by atoms with Crippen LogP contribution in [0.25, 0.3) is 0 Å². The predicted molar refractivity (Wildman–Crippen MR) is 139 cm³/mol. The third-order valence-corrected chi connectivity index (χ3v) is 8.33. The van der Waals surface area contributed by atoms with Gasteiger partial charge < -0.3 is 9.47 Å². The number of ketones is 1. The molecule has 2 aliphatic carbocycles. The Hall–Kier alpha value is -4.26. The van der Waals surface area contributed by atoms with Crippen molar-refractivity contribution >= 4 is 29.3 Å². The minimum atomic E-state index is -0.697. The summed E-state index contributed by atoms with van der Waals surface area (Å²) >= 11 is 0. The Kier molecular flexibility index (Phi) is 6.06. The van der Waals surface area contributed by atoms with Crippen LogP contribution in [0.1, 0.15) is 45.0 Å². The second-order valence-corrected chi connectivity index (χ2v) is 10.3. The van der Waals surface area contributed by atoms with E-state index in [0.717, 1.165) is 12.8 Å². The summed E-state index contributed by atoms with van der Waals surface area (Å²) in [5, 5.41) is 0. The van der Waals surface area contributed by atoms with E-state index in [2.05, 4.69) is 12.1 Å². The molecule has 5 atom stereocenters. The molecule has 3 aliphatic rings. The molecule has 1 saturated heterocycles. The molecule has 6 rings (SSSR count). The maximum atomic E-state index is 13.6. The number of methoxy groups -OCH3 is 1. The minimum Gasteiger partial charge on any atom is -0.497 e. The highest BCUT2D eigenvalue weighted by molar-refractivity contribution is 6.23. The van der Waals surface area contributed by atoms with Gasteiger partial charge in [0.2, 0.25) is 11.8 Å². The summed E-state index contributed by atoms with van der Waals surface area (Å²) < 4.78 is 10.3. The third kappa shape index (κ3) is 3.99. The summed E-state index contributed by atoms with van der Waals surface area (Å²) in [5.41, 5.74) is 2.16. The number of anilines is 1. The quantitative estimate of drug-likeness (QED) is 0.261. The summed E-state index contributed by atoms with van der Waals surface area (Å²) in [6.07, 6.45) is 1.81. The van der Waals surface area contributed by atoms with E-state index in [1.807, 2.05) is 18.2 Å². The number of benzene rings is 3. The fraction of sp³-hybridized carbons (Fsp3) is 0.290. The van der Waals surface area contributed by atoms with Gasteiger partial charge in [0.1, 0.15) is 5.75 Å². The van der Waals surface area contributed by atoms with Gasteiger partial charge in [-0.2, -0.15) is 0 Å². The van der Waals surface area contributed by atoms with Crippen LogP contribution < -0.4 is 9.64 Å². The molecule has 1 aliphatic heterocycles. The fourth-order valence-electron chi connectivity index (χ4n) is 6.64. The average Bonchev–Trinajstić information content (AvgIpc) is 3.63. The van der Waals surface area contributed by atoms with Crippen LogP contribution in [0, 0.1) is 23.7 Å². The molecule has 38 heavy (non-hydrogen) atoms. The van der Waals surface area contributed by atoms with Crippen molar-refractivity contribution in [2.45, 2.75) is 18.8 Å². The summed E-state index contributed by atoms with van der Waals surface area (Å²) in [4.78, 5) is 53.5. The van der Waals surface area contributed by atoms with Gasteiger partial charge in [-0.25, -0.2) is 4.79 Å². The fourth-order valence-corrected chi connectivity index (χ4v) is 6.64. The molecule has 7 heteroatoms.